The molecule has 2 bridgehead atoms. The van der Waals surface area contributed by atoms with Crippen molar-refractivity contribution in [3.63, 3.8) is 0 Å². The molecule has 2 amide bonds. The molecular formula is C25H26N2O7S2. The second-order valence-electron chi connectivity index (χ2n) is 9.95. The summed E-state index contributed by atoms with van der Waals surface area (Å²) in [7, 11) is 0. The zero-order valence-electron chi connectivity index (χ0n) is 19.5. The number of aromatic hydroxyl groups is 1. The minimum Gasteiger partial charge on any atom is -0.504 e. The molecule has 190 valence electrons. The first-order valence-corrected chi connectivity index (χ1v) is 13.9. The number of aromatic amines is 1. The zero-order valence-corrected chi connectivity index (χ0v) is 21.1. The van der Waals surface area contributed by atoms with Crippen LogP contribution >= 0.6 is 23.1 Å². The van der Waals surface area contributed by atoms with Gasteiger partial charge < -0.3 is 19.9 Å². The van der Waals surface area contributed by atoms with Crippen LogP contribution in [-0.2, 0) is 14.4 Å². The van der Waals surface area contributed by atoms with Crippen molar-refractivity contribution in [3.05, 3.63) is 38.3 Å². The Morgan fingerprint density at radius 1 is 1.19 bits per heavy atom. The second-order valence-corrected chi connectivity index (χ2v) is 12.1. The first kappa shape index (κ1) is 23.6. The third-order valence-electron chi connectivity index (χ3n) is 8.23. The van der Waals surface area contributed by atoms with Crippen molar-refractivity contribution in [2.45, 2.75) is 42.4 Å². The van der Waals surface area contributed by atoms with Crippen molar-refractivity contribution in [1.82, 2.24) is 9.88 Å². The lowest BCUT2D eigenvalue weighted by atomic mass is 9.68. The number of ether oxygens (including phenoxy) is 1. The van der Waals surface area contributed by atoms with Gasteiger partial charge in [-0.3, -0.25) is 24.1 Å². The summed E-state index contributed by atoms with van der Waals surface area (Å²) in [6.07, 6.45) is 0.946. The Labute approximate surface area is 214 Å². The highest BCUT2D eigenvalue weighted by molar-refractivity contribution is 8.00. The Hall–Kier alpha value is -2.79. The van der Waals surface area contributed by atoms with E-state index in [1.807, 2.05) is 19.1 Å². The molecule has 9 nitrogen and oxygen atoms in total. The van der Waals surface area contributed by atoms with E-state index in [2.05, 4.69) is 4.98 Å². The number of imide groups is 1. The predicted octanol–water partition coefficient (Wildman–Crippen LogP) is 2.88. The summed E-state index contributed by atoms with van der Waals surface area (Å²) in [4.78, 5) is 55.2. The highest BCUT2D eigenvalue weighted by atomic mass is 32.2. The van der Waals surface area contributed by atoms with Gasteiger partial charge in [0.2, 0.25) is 11.8 Å². The standard InChI is InChI=1S/C25H26N2O7S2/c1-2-34-14-8-10(5-6-13(14)28)16-17-11-9-12(20(17)35-22-21(16)36-25(33)26-22)19-18(11)23(31)27(24(19)32)7-3-4-15(29)30/h5-6,8,11-12,16-20,28H,2-4,7,9H2,1H3,(H,26,33)(H,29,30)/t11-,12+,16+,17-,18+,19+,20-/m0/s1. The summed E-state index contributed by atoms with van der Waals surface area (Å²) in [6, 6.07) is 5.29. The van der Waals surface area contributed by atoms with Gasteiger partial charge >= 0.3 is 10.8 Å². The van der Waals surface area contributed by atoms with E-state index in [4.69, 9.17) is 9.84 Å². The van der Waals surface area contributed by atoms with Gasteiger partial charge in [-0.15, -0.1) is 11.8 Å². The van der Waals surface area contributed by atoms with Crippen molar-refractivity contribution >= 4 is 40.9 Å². The first-order valence-electron chi connectivity index (χ1n) is 12.2. The average molecular weight is 531 g/mol. The highest BCUT2D eigenvalue weighted by Gasteiger charge is 2.69. The van der Waals surface area contributed by atoms with E-state index in [9.17, 15) is 24.3 Å². The molecule has 36 heavy (non-hydrogen) atoms. The number of likely N-dealkylation sites (tertiary alicyclic amines) is 1. The molecule has 3 fully saturated rings. The molecule has 4 aliphatic rings. The maximum absolute atomic E-state index is 13.5. The number of H-pyrrole nitrogens is 1. The van der Waals surface area contributed by atoms with Gasteiger partial charge in [-0.2, -0.15) is 0 Å². The van der Waals surface area contributed by atoms with E-state index in [-0.39, 0.29) is 76.7 Å². The molecule has 3 N–H and O–H groups in total. The van der Waals surface area contributed by atoms with Gasteiger partial charge in [0.15, 0.2) is 11.5 Å². The Kier molecular flexibility index (Phi) is 5.67. The largest absolute Gasteiger partial charge is 0.504 e. The smallest absolute Gasteiger partial charge is 0.305 e. The quantitative estimate of drug-likeness (QED) is 0.465. The summed E-state index contributed by atoms with van der Waals surface area (Å²) in [5, 5.41) is 20.1. The fraction of sp³-hybridized carbons (Fsp3) is 0.520. The van der Waals surface area contributed by atoms with E-state index in [0.717, 1.165) is 21.9 Å². The highest BCUT2D eigenvalue weighted by Crippen LogP contribution is 2.68. The van der Waals surface area contributed by atoms with Gasteiger partial charge in [0.25, 0.3) is 0 Å². The van der Waals surface area contributed by atoms with Crippen molar-refractivity contribution in [3.8, 4) is 11.5 Å². The minimum atomic E-state index is -0.944. The maximum Gasteiger partial charge on any atom is 0.305 e. The number of phenolic OH excluding ortho intramolecular Hbond substituents is 1. The third kappa shape index (κ3) is 3.42. The molecule has 0 radical (unpaired) electrons. The molecule has 6 rings (SSSR count). The Bertz CT molecular complexity index is 1320. The van der Waals surface area contributed by atoms with Crippen LogP contribution in [0.25, 0.3) is 0 Å². The lowest BCUT2D eigenvalue weighted by Crippen LogP contribution is -2.42. The number of nitrogens with zero attached hydrogens (tertiary/aromatic N) is 1. The van der Waals surface area contributed by atoms with Crippen molar-refractivity contribution in [2.75, 3.05) is 13.2 Å². The first-order chi connectivity index (χ1) is 17.3. The third-order valence-corrected chi connectivity index (χ3v) is 10.8. The summed E-state index contributed by atoms with van der Waals surface area (Å²) in [5.41, 5.74) is 0.919. The van der Waals surface area contributed by atoms with E-state index >= 15 is 0 Å². The Balaban J connectivity index is 1.38. The molecule has 3 heterocycles. The number of thioether (sulfide) groups is 1. The molecule has 2 aromatic rings. The van der Waals surface area contributed by atoms with Crippen LogP contribution in [0.2, 0.25) is 0 Å². The molecule has 2 saturated carbocycles. The molecule has 7 atom stereocenters. The molecule has 11 heteroatoms. The SMILES string of the molecule is CCOc1cc([C@H]2c3sc(=O)[nH]c3S[C@H]3[C@@H]4C[C@H]([C@H]5C(=O)N(CCCC(=O)O)C(=O)[C@H]45)[C@@H]23)ccc1O. The van der Waals surface area contributed by atoms with Gasteiger partial charge in [-0.05, 0) is 55.2 Å². The molecular weight excluding hydrogens is 504 g/mol. The number of nitrogens with one attached hydrogen (secondary N) is 1. The fourth-order valence-corrected chi connectivity index (χ4v) is 9.94. The number of thiazole rings is 1. The number of amides is 2. The van der Waals surface area contributed by atoms with Crippen molar-refractivity contribution in [2.24, 2.45) is 29.6 Å². The zero-order chi connectivity index (χ0) is 25.3. The molecule has 1 saturated heterocycles. The number of carbonyl (C=O) groups is 3. The van der Waals surface area contributed by atoms with Crippen LogP contribution in [0.1, 0.15) is 42.5 Å². The molecule has 2 aliphatic heterocycles. The number of fused-ring (bicyclic) bond motifs is 9. The molecule has 1 aromatic heterocycles. The van der Waals surface area contributed by atoms with Crippen LogP contribution in [0.5, 0.6) is 11.5 Å². The number of carboxylic acid groups (broad SMARTS) is 1. The van der Waals surface area contributed by atoms with Gasteiger partial charge in [-0.1, -0.05) is 17.4 Å². The molecule has 2 aliphatic carbocycles. The van der Waals surface area contributed by atoms with E-state index < -0.39 is 11.9 Å². The number of carboxylic acids is 1. The van der Waals surface area contributed by atoms with Gasteiger partial charge in [-0.25, -0.2) is 0 Å². The summed E-state index contributed by atoms with van der Waals surface area (Å²) in [5.74, 6) is -1.77. The van der Waals surface area contributed by atoms with Gasteiger partial charge in [0, 0.05) is 29.0 Å². The number of hydrogen-bond acceptors (Lipinski definition) is 8. The Morgan fingerprint density at radius 2 is 1.94 bits per heavy atom. The normalized spacial score (nSPS) is 31.9. The minimum absolute atomic E-state index is 0.0125. The lowest BCUT2D eigenvalue weighted by molar-refractivity contribution is -0.142. The lowest BCUT2D eigenvalue weighted by Gasteiger charge is -2.43. The summed E-state index contributed by atoms with van der Waals surface area (Å²) < 4.78 is 5.63. The topological polar surface area (TPSA) is 137 Å². The number of carbonyl (C=O) groups excluding carboxylic acids is 2. The summed E-state index contributed by atoms with van der Waals surface area (Å²) in [6.45, 7) is 2.38. The monoisotopic (exact) mass is 530 g/mol. The van der Waals surface area contributed by atoms with Crippen LogP contribution in [0.3, 0.4) is 0 Å². The molecule has 0 unspecified atom stereocenters. The number of hydrogen-bond donors (Lipinski definition) is 3. The van der Waals surface area contributed by atoms with Crippen LogP contribution in [0.15, 0.2) is 28.0 Å². The number of phenols is 1. The van der Waals surface area contributed by atoms with E-state index in [0.29, 0.717) is 12.4 Å². The Morgan fingerprint density at radius 3 is 2.67 bits per heavy atom. The van der Waals surface area contributed by atoms with Crippen LogP contribution in [-0.4, -0.2) is 56.3 Å². The summed E-state index contributed by atoms with van der Waals surface area (Å²) >= 11 is 2.80. The van der Waals surface area contributed by atoms with Gasteiger partial charge in [0.05, 0.1) is 23.5 Å². The van der Waals surface area contributed by atoms with E-state index in [1.54, 1.807) is 17.8 Å². The molecule has 1 aromatic carbocycles. The second kappa shape index (κ2) is 8.65. The number of rotatable bonds is 7. The van der Waals surface area contributed by atoms with Crippen molar-refractivity contribution in [1.29, 1.82) is 0 Å². The maximum atomic E-state index is 13.5. The van der Waals surface area contributed by atoms with E-state index in [1.165, 1.54) is 16.2 Å². The predicted molar refractivity (Wildman–Crippen MR) is 131 cm³/mol. The number of aromatic nitrogens is 1. The number of benzene rings is 1. The van der Waals surface area contributed by atoms with Crippen LogP contribution in [0, 0.1) is 29.6 Å². The van der Waals surface area contributed by atoms with Gasteiger partial charge in [0.1, 0.15) is 0 Å². The fourth-order valence-electron chi connectivity index (χ4n) is 7.06. The van der Waals surface area contributed by atoms with Crippen LogP contribution in [0.4, 0.5) is 0 Å². The number of aliphatic carboxylic acids is 1. The van der Waals surface area contributed by atoms with Crippen LogP contribution < -0.4 is 9.61 Å². The average Bonchev–Trinajstić information content (AvgIpc) is 3.56. The molecule has 0 spiro atoms. The van der Waals surface area contributed by atoms with Crippen molar-refractivity contribution < 1.29 is 29.3 Å².